The van der Waals surface area contributed by atoms with Gasteiger partial charge < -0.3 is 15.5 Å². The minimum atomic E-state index is -0.494. The van der Waals surface area contributed by atoms with Crippen molar-refractivity contribution in [3.05, 3.63) is 29.2 Å². The van der Waals surface area contributed by atoms with Gasteiger partial charge >= 0.3 is 0 Å². The van der Waals surface area contributed by atoms with Crippen molar-refractivity contribution in [3.8, 4) is 0 Å². The zero-order valence-electron chi connectivity index (χ0n) is 14.5. The highest BCUT2D eigenvalue weighted by Gasteiger charge is 2.35. The third-order valence-corrected chi connectivity index (χ3v) is 4.68. The first kappa shape index (κ1) is 16.0. The van der Waals surface area contributed by atoms with Gasteiger partial charge in [-0.2, -0.15) is 5.10 Å². The Hall–Kier alpha value is -2.48. The third kappa shape index (κ3) is 3.09. The van der Waals surface area contributed by atoms with Crippen LogP contribution in [-0.4, -0.2) is 63.0 Å². The fourth-order valence-electron chi connectivity index (χ4n) is 3.20. The molecular weight excluding hydrogens is 320 g/mol. The molecule has 0 bridgehead atoms. The maximum absolute atomic E-state index is 13.0. The number of carbonyl (C=O) groups excluding carboxylic acids is 2. The van der Waals surface area contributed by atoms with Crippen LogP contribution in [0, 0.1) is 13.8 Å². The van der Waals surface area contributed by atoms with E-state index in [0.717, 1.165) is 24.2 Å². The molecule has 0 spiro atoms. The van der Waals surface area contributed by atoms with Crippen molar-refractivity contribution in [2.24, 2.45) is 0 Å². The summed E-state index contributed by atoms with van der Waals surface area (Å²) >= 11 is 0. The number of amides is 2. The molecule has 0 aromatic carbocycles. The van der Waals surface area contributed by atoms with Crippen LogP contribution in [0.1, 0.15) is 34.7 Å². The molecule has 1 aliphatic heterocycles. The smallest absolute Gasteiger partial charge is 0.273 e. The molecule has 3 heterocycles. The zero-order valence-corrected chi connectivity index (χ0v) is 14.5. The Labute approximate surface area is 145 Å². The van der Waals surface area contributed by atoms with Crippen molar-refractivity contribution < 1.29 is 9.59 Å². The van der Waals surface area contributed by atoms with E-state index in [9.17, 15) is 9.59 Å². The summed E-state index contributed by atoms with van der Waals surface area (Å²) in [6.45, 7) is 5.42. The van der Waals surface area contributed by atoms with Crippen LogP contribution in [0.4, 0.5) is 0 Å². The summed E-state index contributed by atoms with van der Waals surface area (Å²) in [4.78, 5) is 31.6. The molecule has 4 rings (SSSR count). The lowest BCUT2D eigenvalue weighted by Gasteiger charge is -2.35. The van der Waals surface area contributed by atoms with E-state index >= 15 is 0 Å². The molecule has 25 heavy (non-hydrogen) atoms. The lowest BCUT2D eigenvalue weighted by atomic mass is 10.1. The summed E-state index contributed by atoms with van der Waals surface area (Å²) in [7, 11) is 0. The Morgan fingerprint density at radius 2 is 2.08 bits per heavy atom. The summed E-state index contributed by atoms with van der Waals surface area (Å²) in [6, 6.07) is 3.36. The van der Waals surface area contributed by atoms with Crippen molar-refractivity contribution in [2.75, 3.05) is 19.6 Å². The molecule has 1 saturated carbocycles. The highest BCUT2D eigenvalue weighted by molar-refractivity contribution is 5.97. The van der Waals surface area contributed by atoms with Gasteiger partial charge in [0.05, 0.1) is 5.69 Å². The Bertz CT molecular complexity index is 841. The molecule has 132 valence electrons. The fraction of sp³-hybridized carbons (Fsp3) is 0.529. The predicted octanol–water partition coefficient (Wildman–Crippen LogP) is 0.0387. The number of fused-ring (bicyclic) bond motifs is 1. The van der Waals surface area contributed by atoms with Crippen molar-refractivity contribution in [1.82, 2.24) is 30.1 Å². The Kier molecular flexibility index (Phi) is 3.91. The van der Waals surface area contributed by atoms with E-state index in [-0.39, 0.29) is 17.9 Å². The van der Waals surface area contributed by atoms with Crippen LogP contribution in [0.2, 0.25) is 0 Å². The van der Waals surface area contributed by atoms with Crippen LogP contribution in [0.15, 0.2) is 12.1 Å². The van der Waals surface area contributed by atoms with Crippen LogP contribution in [0.5, 0.6) is 0 Å². The first-order valence-electron chi connectivity index (χ1n) is 8.69. The zero-order chi connectivity index (χ0) is 17.6. The SMILES string of the molecule is Cc1cc2nc(C(=O)N3CCNCC3C(=O)NC3CC3)cc(C)n2n1. The van der Waals surface area contributed by atoms with Crippen molar-refractivity contribution >= 4 is 17.5 Å². The molecule has 1 unspecified atom stereocenters. The number of nitrogens with one attached hydrogen (secondary N) is 2. The number of rotatable bonds is 3. The van der Waals surface area contributed by atoms with Gasteiger partial charge in [-0.25, -0.2) is 9.50 Å². The Morgan fingerprint density at radius 1 is 1.28 bits per heavy atom. The highest BCUT2D eigenvalue weighted by atomic mass is 16.2. The summed E-state index contributed by atoms with van der Waals surface area (Å²) in [5, 5.41) is 10.6. The van der Waals surface area contributed by atoms with Gasteiger partial charge in [-0.3, -0.25) is 9.59 Å². The van der Waals surface area contributed by atoms with Crippen LogP contribution in [0.25, 0.3) is 5.65 Å². The number of piperazine rings is 1. The number of hydrogen-bond donors (Lipinski definition) is 2. The van der Waals surface area contributed by atoms with Crippen LogP contribution in [-0.2, 0) is 4.79 Å². The first-order valence-corrected chi connectivity index (χ1v) is 8.69. The normalized spacial score (nSPS) is 20.7. The number of aryl methyl sites for hydroxylation is 2. The van der Waals surface area contributed by atoms with E-state index in [1.165, 1.54) is 0 Å². The number of aromatic nitrogens is 3. The average Bonchev–Trinajstić information content (AvgIpc) is 3.32. The molecule has 1 aliphatic carbocycles. The molecular formula is C17H22N6O2. The van der Waals surface area contributed by atoms with E-state index in [4.69, 9.17) is 0 Å². The lowest BCUT2D eigenvalue weighted by Crippen LogP contribution is -2.59. The molecule has 2 N–H and O–H groups in total. The van der Waals surface area contributed by atoms with E-state index in [1.807, 2.05) is 19.9 Å². The molecule has 1 atom stereocenters. The molecule has 0 radical (unpaired) electrons. The van der Waals surface area contributed by atoms with Crippen LogP contribution >= 0.6 is 0 Å². The van der Waals surface area contributed by atoms with Crippen LogP contribution < -0.4 is 10.6 Å². The number of carbonyl (C=O) groups is 2. The third-order valence-electron chi connectivity index (χ3n) is 4.68. The van der Waals surface area contributed by atoms with Gasteiger partial charge in [-0.15, -0.1) is 0 Å². The summed E-state index contributed by atoms with van der Waals surface area (Å²) < 4.78 is 1.72. The molecule has 2 aliphatic rings. The minimum absolute atomic E-state index is 0.0824. The molecule has 8 heteroatoms. The molecule has 2 fully saturated rings. The summed E-state index contributed by atoms with van der Waals surface area (Å²) in [6.07, 6.45) is 2.05. The molecule has 1 saturated heterocycles. The van der Waals surface area contributed by atoms with E-state index in [0.29, 0.717) is 31.0 Å². The maximum atomic E-state index is 13.0. The van der Waals surface area contributed by atoms with Gasteiger partial charge in [0.2, 0.25) is 5.91 Å². The van der Waals surface area contributed by atoms with Crippen molar-refractivity contribution in [3.63, 3.8) is 0 Å². The summed E-state index contributed by atoms with van der Waals surface area (Å²) in [5.41, 5.74) is 2.70. The predicted molar refractivity (Wildman–Crippen MR) is 91.3 cm³/mol. The topological polar surface area (TPSA) is 91.6 Å². The summed E-state index contributed by atoms with van der Waals surface area (Å²) in [5.74, 6) is -0.289. The number of nitrogens with zero attached hydrogens (tertiary/aromatic N) is 4. The molecule has 8 nitrogen and oxygen atoms in total. The van der Waals surface area contributed by atoms with E-state index in [2.05, 4.69) is 20.7 Å². The monoisotopic (exact) mass is 342 g/mol. The largest absolute Gasteiger partial charge is 0.352 e. The van der Waals surface area contributed by atoms with Gasteiger partial charge in [0, 0.05) is 37.4 Å². The first-order chi connectivity index (χ1) is 12.0. The second-order valence-electron chi connectivity index (χ2n) is 6.84. The second kappa shape index (κ2) is 6.11. The van der Waals surface area contributed by atoms with E-state index in [1.54, 1.807) is 15.5 Å². The highest BCUT2D eigenvalue weighted by Crippen LogP contribution is 2.20. The van der Waals surface area contributed by atoms with E-state index < -0.39 is 6.04 Å². The Morgan fingerprint density at radius 3 is 2.84 bits per heavy atom. The van der Waals surface area contributed by atoms with Gasteiger partial charge in [-0.1, -0.05) is 0 Å². The standard InChI is InChI=1S/C17H22N6O2/c1-10-7-15-20-13(8-11(2)23(15)21-10)17(25)22-6-5-18-9-14(22)16(24)19-12-3-4-12/h7-8,12,14,18H,3-6,9H2,1-2H3,(H,19,24). The molecule has 2 aromatic rings. The quantitative estimate of drug-likeness (QED) is 0.822. The van der Waals surface area contributed by atoms with Crippen molar-refractivity contribution in [1.29, 1.82) is 0 Å². The lowest BCUT2D eigenvalue weighted by molar-refractivity contribution is -0.126. The van der Waals surface area contributed by atoms with Gasteiger partial charge in [0.25, 0.3) is 5.91 Å². The molecule has 2 aromatic heterocycles. The second-order valence-corrected chi connectivity index (χ2v) is 6.84. The number of hydrogen-bond acceptors (Lipinski definition) is 5. The van der Waals surface area contributed by atoms with Gasteiger partial charge in [0.15, 0.2) is 5.65 Å². The maximum Gasteiger partial charge on any atom is 0.273 e. The van der Waals surface area contributed by atoms with Gasteiger partial charge in [0.1, 0.15) is 11.7 Å². The minimum Gasteiger partial charge on any atom is -0.352 e. The average molecular weight is 342 g/mol. The van der Waals surface area contributed by atoms with Gasteiger partial charge in [-0.05, 0) is 32.8 Å². The van der Waals surface area contributed by atoms with Crippen LogP contribution in [0.3, 0.4) is 0 Å². The molecule has 2 amide bonds. The fourth-order valence-corrected chi connectivity index (χ4v) is 3.20. The van der Waals surface area contributed by atoms with Crippen molar-refractivity contribution in [2.45, 2.75) is 38.8 Å². The Balaban J connectivity index is 1.62.